The molecule has 4 heteroatoms. The summed E-state index contributed by atoms with van der Waals surface area (Å²) in [7, 11) is 0. The smallest absolute Gasteiger partial charge is 0.0736 e. The van der Waals surface area contributed by atoms with Crippen LogP contribution in [0.2, 0.25) is 0 Å². The van der Waals surface area contributed by atoms with E-state index in [2.05, 4.69) is 163 Å². The SMILES string of the molecule is CCCCCCc1ccc(C2(c3ccc(CCCCCC)cc3)c3cc4c(cc3-c3sc5cc(C)sc5c32)C(c2ccc(CCCCCC)cc2)(c2ccc(CCCCCC)cc2)c2c-4sc3cc(C)sc23)cc1. The molecule has 0 nitrogen and oxygen atoms in total. The van der Waals surface area contributed by atoms with Crippen LogP contribution in [0, 0.1) is 13.8 Å². The molecule has 382 valence electrons. The highest BCUT2D eigenvalue weighted by Gasteiger charge is 2.54. The summed E-state index contributed by atoms with van der Waals surface area (Å²) in [6.45, 7) is 13.9. The van der Waals surface area contributed by atoms with Gasteiger partial charge in [0.25, 0.3) is 0 Å². The van der Waals surface area contributed by atoms with Gasteiger partial charge in [0.05, 0.1) is 20.2 Å². The molecule has 0 fully saturated rings. The van der Waals surface area contributed by atoms with Gasteiger partial charge in [0, 0.05) is 40.0 Å². The minimum Gasteiger partial charge on any atom is -0.139 e. The number of hydrogen-bond acceptors (Lipinski definition) is 4. The molecule has 0 N–H and O–H groups in total. The van der Waals surface area contributed by atoms with Crippen LogP contribution in [0.25, 0.3) is 39.7 Å². The molecule has 0 saturated heterocycles. The summed E-state index contributed by atoms with van der Waals surface area (Å²) in [4.78, 5) is 5.71. The van der Waals surface area contributed by atoms with Gasteiger partial charge in [0.2, 0.25) is 0 Å². The van der Waals surface area contributed by atoms with E-state index in [9.17, 15) is 0 Å². The number of rotatable bonds is 24. The van der Waals surface area contributed by atoms with Crippen LogP contribution in [-0.4, -0.2) is 0 Å². The van der Waals surface area contributed by atoms with Crippen molar-refractivity contribution >= 4 is 64.1 Å². The van der Waals surface area contributed by atoms with Gasteiger partial charge in [-0.1, -0.05) is 202 Å². The van der Waals surface area contributed by atoms with E-state index in [1.807, 2.05) is 45.3 Å². The Kier molecular flexibility index (Phi) is 15.7. The van der Waals surface area contributed by atoms with Gasteiger partial charge in [-0.2, -0.15) is 0 Å². The summed E-state index contributed by atoms with van der Waals surface area (Å²) in [6, 6.07) is 50.6. The van der Waals surface area contributed by atoms with Crippen molar-refractivity contribution in [1.29, 1.82) is 0 Å². The first kappa shape index (κ1) is 51.5. The van der Waals surface area contributed by atoms with E-state index >= 15 is 0 Å². The molecule has 4 heterocycles. The zero-order valence-electron chi connectivity index (χ0n) is 45.3. The minimum absolute atomic E-state index is 0.480. The Bertz CT molecular complexity index is 2990. The van der Waals surface area contributed by atoms with E-state index in [-0.39, 0.29) is 0 Å². The summed E-state index contributed by atoms with van der Waals surface area (Å²) in [6.07, 6.45) is 25.1. The highest BCUT2D eigenvalue weighted by Crippen LogP contribution is 2.68. The second kappa shape index (κ2) is 22.6. The number of hydrogen-bond donors (Lipinski definition) is 0. The van der Waals surface area contributed by atoms with Gasteiger partial charge in [-0.15, -0.1) is 45.3 Å². The van der Waals surface area contributed by atoms with Crippen LogP contribution >= 0.6 is 45.3 Å². The average Bonchev–Trinajstić information content (AvgIpc) is 4.31. The number of benzene rings is 5. The van der Waals surface area contributed by atoms with Crippen LogP contribution in [0.1, 0.15) is 207 Å². The Morgan fingerprint density at radius 3 is 0.878 bits per heavy atom. The fraction of sp³-hybridized carbons (Fsp3) is 0.400. The Hall–Kier alpha value is -4.58. The van der Waals surface area contributed by atoms with Crippen LogP contribution in [0.3, 0.4) is 0 Å². The molecule has 0 atom stereocenters. The van der Waals surface area contributed by atoms with E-state index < -0.39 is 10.8 Å². The molecule has 4 aromatic heterocycles. The maximum atomic E-state index is 2.75. The monoisotopic (exact) mass is 1050 g/mol. The number of thiophene rings is 4. The first-order chi connectivity index (χ1) is 36.3. The second-order valence-electron chi connectivity index (χ2n) is 22.2. The molecular weight excluding hydrogens is 969 g/mol. The topological polar surface area (TPSA) is 0 Å². The third kappa shape index (κ3) is 9.24. The first-order valence-corrected chi connectivity index (χ1v) is 32.2. The normalized spacial score (nSPS) is 14.0. The lowest BCUT2D eigenvalue weighted by molar-refractivity contribution is 0.666. The van der Waals surface area contributed by atoms with Crippen molar-refractivity contribution in [3.05, 3.63) is 198 Å². The molecule has 5 aromatic carbocycles. The zero-order chi connectivity index (χ0) is 50.8. The Labute approximate surface area is 460 Å². The van der Waals surface area contributed by atoms with Gasteiger partial charge in [0.1, 0.15) is 0 Å². The van der Waals surface area contributed by atoms with Gasteiger partial charge in [-0.3, -0.25) is 0 Å². The summed E-state index contributed by atoms with van der Waals surface area (Å²) in [5.41, 5.74) is 19.2. The van der Waals surface area contributed by atoms with Crippen molar-refractivity contribution in [2.75, 3.05) is 0 Å². The third-order valence-corrected chi connectivity index (χ3v) is 21.7. The number of unbranched alkanes of at least 4 members (excludes halogenated alkanes) is 12. The van der Waals surface area contributed by atoms with Crippen molar-refractivity contribution < 1.29 is 0 Å². The second-order valence-corrected chi connectivity index (χ2v) is 26.8. The Balaban J connectivity index is 1.17. The lowest BCUT2D eigenvalue weighted by Crippen LogP contribution is -2.30. The summed E-state index contributed by atoms with van der Waals surface area (Å²) < 4.78 is 5.79. The predicted molar refractivity (Wildman–Crippen MR) is 328 cm³/mol. The molecule has 0 aliphatic heterocycles. The standard InChI is InChI=1S/C70H78S4/c1-7-11-15-19-23-49-27-35-53(36-28-49)69(54-37-29-50(30-38-54)24-20-16-12-8-2)59-45-58-60(46-57(59)65-63(69)67-61(73-65)43-47(5)71-67)70(64-66(58)74-62-44-48(6)72-68(62)64,55-39-31-51(32-40-55)25-21-17-13-9-3)56-41-33-52(34-42-56)26-22-18-14-10-4/h27-46H,7-26H2,1-6H3. The van der Waals surface area contributed by atoms with Crippen LogP contribution < -0.4 is 0 Å². The van der Waals surface area contributed by atoms with Crippen molar-refractivity contribution in [2.45, 2.75) is 181 Å². The quantitative estimate of drug-likeness (QED) is 0.0529. The fourth-order valence-corrected chi connectivity index (χ4v) is 18.6. The molecule has 0 unspecified atom stereocenters. The lowest BCUT2D eigenvalue weighted by atomic mass is 9.65. The van der Waals surface area contributed by atoms with E-state index in [0.29, 0.717) is 0 Å². The van der Waals surface area contributed by atoms with Crippen molar-refractivity contribution in [1.82, 2.24) is 0 Å². The van der Waals surface area contributed by atoms with Gasteiger partial charge in [-0.05, 0) is 156 Å². The highest BCUT2D eigenvalue weighted by molar-refractivity contribution is 7.30. The molecule has 0 radical (unpaired) electrons. The molecule has 0 spiro atoms. The molecule has 2 aliphatic carbocycles. The Morgan fingerprint density at radius 1 is 0.324 bits per heavy atom. The molecule has 74 heavy (non-hydrogen) atoms. The molecule has 0 amide bonds. The van der Waals surface area contributed by atoms with E-state index in [1.54, 1.807) is 0 Å². The highest BCUT2D eigenvalue weighted by atomic mass is 32.1. The molecular formula is C70H78S4. The predicted octanol–water partition coefficient (Wildman–Crippen LogP) is 22.1. The van der Waals surface area contributed by atoms with Gasteiger partial charge in [-0.25, -0.2) is 0 Å². The fourth-order valence-electron chi connectivity index (χ4n) is 13.2. The number of aryl methyl sites for hydroxylation is 6. The molecule has 11 rings (SSSR count). The van der Waals surface area contributed by atoms with Crippen LogP contribution in [0.4, 0.5) is 0 Å². The van der Waals surface area contributed by atoms with Crippen LogP contribution in [0.15, 0.2) is 121 Å². The van der Waals surface area contributed by atoms with E-state index in [0.717, 1.165) is 25.7 Å². The molecule has 9 aromatic rings. The molecule has 2 aliphatic rings. The van der Waals surface area contributed by atoms with Crippen molar-refractivity contribution in [3.8, 4) is 20.9 Å². The van der Waals surface area contributed by atoms with Crippen LogP contribution in [-0.2, 0) is 36.5 Å². The molecule has 0 bridgehead atoms. The first-order valence-electron chi connectivity index (χ1n) is 29.0. The lowest BCUT2D eigenvalue weighted by Gasteiger charge is -2.36. The van der Waals surface area contributed by atoms with Crippen LogP contribution in [0.5, 0.6) is 0 Å². The molecule has 0 saturated carbocycles. The van der Waals surface area contributed by atoms with Gasteiger partial charge in [0.15, 0.2) is 0 Å². The third-order valence-electron chi connectivity index (χ3n) is 17.0. The van der Waals surface area contributed by atoms with Crippen molar-refractivity contribution in [2.24, 2.45) is 0 Å². The minimum atomic E-state index is -0.480. The van der Waals surface area contributed by atoms with E-state index in [4.69, 9.17) is 0 Å². The summed E-state index contributed by atoms with van der Waals surface area (Å²) in [5.74, 6) is 0. The maximum Gasteiger partial charge on any atom is 0.0736 e. The maximum absolute atomic E-state index is 2.75. The summed E-state index contributed by atoms with van der Waals surface area (Å²) in [5, 5.41) is 0. The average molecular weight is 1050 g/mol. The zero-order valence-corrected chi connectivity index (χ0v) is 48.6. The van der Waals surface area contributed by atoms with E-state index in [1.165, 1.54) is 219 Å². The van der Waals surface area contributed by atoms with Gasteiger partial charge < -0.3 is 0 Å². The Morgan fingerprint density at radius 2 is 0.608 bits per heavy atom. The summed E-state index contributed by atoms with van der Waals surface area (Å²) >= 11 is 8.12. The van der Waals surface area contributed by atoms with Crippen molar-refractivity contribution in [3.63, 3.8) is 0 Å². The van der Waals surface area contributed by atoms with Gasteiger partial charge >= 0.3 is 0 Å². The number of fused-ring (bicyclic) bond motifs is 10. The largest absolute Gasteiger partial charge is 0.139 e.